The molecule has 0 aliphatic carbocycles. The molecule has 1 amide bonds. The summed E-state index contributed by atoms with van der Waals surface area (Å²) < 4.78 is 0. The van der Waals surface area contributed by atoms with Crippen molar-refractivity contribution in [1.29, 1.82) is 10.5 Å². The van der Waals surface area contributed by atoms with E-state index in [0.717, 1.165) is 16.1 Å². The van der Waals surface area contributed by atoms with Crippen molar-refractivity contribution in [2.45, 2.75) is 20.8 Å². The summed E-state index contributed by atoms with van der Waals surface area (Å²) in [5, 5.41) is 18.4. The van der Waals surface area contributed by atoms with Crippen LogP contribution in [0.3, 0.4) is 0 Å². The Morgan fingerprint density at radius 3 is 2.43 bits per heavy atom. The third-order valence-corrected chi connectivity index (χ3v) is 4.59. The van der Waals surface area contributed by atoms with Crippen molar-refractivity contribution >= 4 is 17.2 Å². The van der Waals surface area contributed by atoms with Crippen LogP contribution in [0.25, 0.3) is 10.6 Å². The molecule has 1 aromatic heterocycles. The summed E-state index contributed by atoms with van der Waals surface area (Å²) in [4.78, 5) is 18.7. The Morgan fingerprint density at radius 1 is 1.22 bits per heavy atom. The van der Waals surface area contributed by atoms with Gasteiger partial charge in [-0.1, -0.05) is 23.8 Å². The van der Waals surface area contributed by atoms with Gasteiger partial charge in [0.25, 0.3) is 5.91 Å². The second-order valence-corrected chi connectivity index (χ2v) is 6.23. The summed E-state index contributed by atoms with van der Waals surface area (Å²) >= 11 is 1.30. The van der Waals surface area contributed by atoms with Crippen LogP contribution in [0.1, 0.15) is 26.5 Å². The molecule has 2 rings (SSSR count). The molecule has 23 heavy (non-hydrogen) atoms. The van der Waals surface area contributed by atoms with Crippen LogP contribution in [0, 0.1) is 43.4 Å². The SMILES string of the molecule is Cc1ccc(-c2nc(C)c(C(=O)N(CC#N)CC#N)s2)c(C)c1. The number of nitrogens with zero attached hydrogens (tertiary/aromatic N) is 4. The highest BCUT2D eigenvalue weighted by atomic mass is 32.1. The average Bonchev–Trinajstić information content (AvgIpc) is 2.88. The standard InChI is InChI=1S/C17H16N4OS/c1-11-4-5-14(12(2)10-11)16-20-13(3)15(23-16)17(22)21(8-6-18)9-7-19/h4-5,10H,8-9H2,1-3H3. The van der Waals surface area contributed by atoms with Crippen molar-refractivity contribution in [3.05, 3.63) is 39.9 Å². The first-order valence-electron chi connectivity index (χ1n) is 7.06. The zero-order valence-corrected chi connectivity index (χ0v) is 14.1. The molecule has 0 aliphatic heterocycles. The van der Waals surface area contributed by atoms with Crippen LogP contribution in [0.5, 0.6) is 0 Å². The van der Waals surface area contributed by atoms with E-state index in [-0.39, 0.29) is 19.0 Å². The van der Waals surface area contributed by atoms with Crippen molar-refractivity contribution in [1.82, 2.24) is 9.88 Å². The van der Waals surface area contributed by atoms with Gasteiger partial charge in [-0.3, -0.25) is 4.79 Å². The fourth-order valence-electron chi connectivity index (χ4n) is 2.28. The molecule has 0 aliphatic rings. The van der Waals surface area contributed by atoms with Gasteiger partial charge in [-0.15, -0.1) is 11.3 Å². The van der Waals surface area contributed by atoms with Crippen molar-refractivity contribution in [3.63, 3.8) is 0 Å². The van der Waals surface area contributed by atoms with Crippen LogP contribution < -0.4 is 0 Å². The largest absolute Gasteiger partial charge is 0.311 e. The minimum Gasteiger partial charge on any atom is -0.311 e. The molecule has 0 radical (unpaired) electrons. The molecule has 0 saturated carbocycles. The number of thiazole rings is 1. The molecule has 5 nitrogen and oxygen atoms in total. The first kappa shape index (κ1) is 16.7. The average molecular weight is 324 g/mol. The minimum atomic E-state index is -0.320. The zero-order chi connectivity index (χ0) is 17.0. The Bertz CT molecular complexity index is 810. The summed E-state index contributed by atoms with van der Waals surface area (Å²) in [5.74, 6) is -0.320. The number of carbonyl (C=O) groups excluding carboxylic acids is 1. The first-order valence-corrected chi connectivity index (χ1v) is 7.87. The van der Waals surface area contributed by atoms with Crippen molar-refractivity contribution < 1.29 is 4.79 Å². The van der Waals surface area contributed by atoms with E-state index >= 15 is 0 Å². The maximum Gasteiger partial charge on any atom is 0.267 e. The van der Waals surface area contributed by atoms with Gasteiger partial charge in [0.2, 0.25) is 0 Å². The van der Waals surface area contributed by atoms with Gasteiger partial charge in [-0.25, -0.2) is 4.98 Å². The summed E-state index contributed by atoms with van der Waals surface area (Å²) in [5.41, 5.74) is 3.89. The van der Waals surface area contributed by atoms with E-state index in [1.54, 1.807) is 6.92 Å². The van der Waals surface area contributed by atoms with Gasteiger partial charge in [0.05, 0.1) is 17.8 Å². The smallest absolute Gasteiger partial charge is 0.267 e. The van der Waals surface area contributed by atoms with E-state index in [1.165, 1.54) is 21.8 Å². The number of rotatable bonds is 4. The highest BCUT2D eigenvalue weighted by Crippen LogP contribution is 2.31. The number of hydrogen-bond donors (Lipinski definition) is 0. The Balaban J connectivity index is 2.40. The Hall–Kier alpha value is -2.70. The van der Waals surface area contributed by atoms with Gasteiger partial charge >= 0.3 is 0 Å². The molecule has 116 valence electrons. The van der Waals surface area contributed by atoms with Crippen molar-refractivity contribution in [2.75, 3.05) is 13.1 Å². The predicted molar refractivity (Wildman–Crippen MR) is 88.9 cm³/mol. The van der Waals surface area contributed by atoms with Crippen LogP contribution in [0.2, 0.25) is 0 Å². The molecule has 0 bridgehead atoms. The van der Waals surface area contributed by atoms with Crippen LogP contribution in [0.15, 0.2) is 18.2 Å². The number of aromatic nitrogens is 1. The van der Waals surface area contributed by atoms with E-state index in [1.807, 2.05) is 38.1 Å². The monoisotopic (exact) mass is 324 g/mol. The molecule has 1 aromatic carbocycles. The van der Waals surface area contributed by atoms with Gasteiger partial charge in [0.1, 0.15) is 23.0 Å². The van der Waals surface area contributed by atoms with E-state index < -0.39 is 0 Å². The number of amides is 1. The summed E-state index contributed by atoms with van der Waals surface area (Å²) in [6.07, 6.45) is 0. The van der Waals surface area contributed by atoms with Gasteiger partial charge in [0.15, 0.2) is 0 Å². The lowest BCUT2D eigenvalue weighted by atomic mass is 10.1. The molecular weight excluding hydrogens is 308 g/mol. The molecular formula is C17H16N4OS. The highest BCUT2D eigenvalue weighted by molar-refractivity contribution is 7.17. The first-order chi connectivity index (χ1) is 11.0. The number of carbonyl (C=O) groups is 1. The highest BCUT2D eigenvalue weighted by Gasteiger charge is 2.22. The Morgan fingerprint density at radius 2 is 1.87 bits per heavy atom. The van der Waals surface area contributed by atoms with Crippen LogP contribution in [0.4, 0.5) is 0 Å². The molecule has 6 heteroatoms. The van der Waals surface area contributed by atoms with Crippen molar-refractivity contribution in [3.8, 4) is 22.7 Å². The fraction of sp³-hybridized carbons (Fsp3) is 0.294. The van der Waals surface area contributed by atoms with E-state index in [2.05, 4.69) is 11.1 Å². The molecule has 0 atom stereocenters. The number of benzene rings is 1. The van der Waals surface area contributed by atoms with Gasteiger partial charge in [0, 0.05) is 5.56 Å². The molecule has 0 N–H and O–H groups in total. The molecule has 0 fully saturated rings. The van der Waals surface area contributed by atoms with E-state index in [0.29, 0.717) is 10.6 Å². The normalized spacial score (nSPS) is 9.96. The maximum absolute atomic E-state index is 12.5. The maximum atomic E-state index is 12.5. The molecule has 0 spiro atoms. The minimum absolute atomic E-state index is 0.109. The fourth-order valence-corrected chi connectivity index (χ4v) is 3.40. The number of nitriles is 2. The third-order valence-electron chi connectivity index (χ3n) is 3.41. The summed E-state index contributed by atoms with van der Waals surface area (Å²) in [7, 11) is 0. The number of hydrogen-bond acceptors (Lipinski definition) is 5. The van der Waals surface area contributed by atoms with E-state index in [4.69, 9.17) is 10.5 Å². The van der Waals surface area contributed by atoms with Crippen LogP contribution in [-0.2, 0) is 0 Å². The molecule has 2 aromatic rings. The topological polar surface area (TPSA) is 80.8 Å². The molecule has 0 unspecified atom stereocenters. The van der Waals surface area contributed by atoms with Gasteiger partial charge in [-0.05, 0) is 26.3 Å². The lowest BCUT2D eigenvalue weighted by Crippen LogP contribution is -2.31. The summed E-state index contributed by atoms with van der Waals surface area (Å²) in [6, 6.07) is 9.92. The number of aryl methyl sites for hydroxylation is 3. The second kappa shape index (κ2) is 7.04. The Labute approximate surface area is 139 Å². The van der Waals surface area contributed by atoms with Gasteiger partial charge in [-0.2, -0.15) is 10.5 Å². The second-order valence-electron chi connectivity index (χ2n) is 5.23. The zero-order valence-electron chi connectivity index (χ0n) is 13.3. The quantitative estimate of drug-likeness (QED) is 0.809. The lowest BCUT2D eigenvalue weighted by Gasteiger charge is -2.14. The van der Waals surface area contributed by atoms with E-state index in [9.17, 15) is 4.79 Å². The third kappa shape index (κ3) is 3.56. The Kier molecular flexibility index (Phi) is 5.10. The summed E-state index contributed by atoms with van der Waals surface area (Å²) in [6.45, 7) is 5.59. The van der Waals surface area contributed by atoms with Crippen LogP contribution >= 0.6 is 11.3 Å². The van der Waals surface area contributed by atoms with Crippen molar-refractivity contribution in [2.24, 2.45) is 0 Å². The molecule has 1 heterocycles. The van der Waals surface area contributed by atoms with Crippen LogP contribution in [-0.4, -0.2) is 28.9 Å². The lowest BCUT2D eigenvalue weighted by molar-refractivity contribution is 0.0798. The molecule has 0 saturated heterocycles. The predicted octanol–water partition coefficient (Wildman–Crippen LogP) is 3.22. The van der Waals surface area contributed by atoms with Gasteiger partial charge < -0.3 is 4.90 Å².